The summed E-state index contributed by atoms with van der Waals surface area (Å²) in [6, 6.07) is 0. The van der Waals surface area contributed by atoms with E-state index in [1.165, 1.54) is 6.42 Å². The molecule has 56 valence electrons. The Bertz CT molecular complexity index is 172. The van der Waals surface area contributed by atoms with Gasteiger partial charge in [0.1, 0.15) is 0 Å². The summed E-state index contributed by atoms with van der Waals surface area (Å²) in [5.74, 6) is 0.487. The average Bonchev–Trinajstić information content (AvgIpc) is 2.06. The van der Waals surface area contributed by atoms with Gasteiger partial charge < -0.3 is 0 Å². The minimum atomic E-state index is 0.0278. The van der Waals surface area contributed by atoms with Gasteiger partial charge in [-0.3, -0.25) is 9.69 Å². The van der Waals surface area contributed by atoms with Crippen molar-refractivity contribution in [3.63, 3.8) is 0 Å². The molecule has 0 aromatic heterocycles. The third-order valence-electron chi connectivity index (χ3n) is 3.10. The predicted octanol–water partition coefficient (Wildman–Crippen LogP) is 0.814. The average molecular weight is 139 g/mol. The van der Waals surface area contributed by atoms with Crippen LogP contribution in [0.4, 0.5) is 0 Å². The molecule has 1 saturated heterocycles. The lowest BCUT2D eigenvalue weighted by Crippen LogP contribution is -2.51. The van der Waals surface area contributed by atoms with Crippen LogP contribution >= 0.6 is 0 Å². The standard InChI is InChI=1S/C8H13NO/c1-9-6-3-7(10)8(9)4-2-5-8/h2-6H2,1H3. The second kappa shape index (κ2) is 1.82. The molecule has 0 bridgehead atoms. The van der Waals surface area contributed by atoms with Gasteiger partial charge in [-0.25, -0.2) is 0 Å². The minimum absolute atomic E-state index is 0.0278. The van der Waals surface area contributed by atoms with E-state index in [1.807, 2.05) is 0 Å². The van der Waals surface area contributed by atoms with Crippen LogP contribution in [0.15, 0.2) is 0 Å². The SMILES string of the molecule is CN1CCC(=O)C12CCC2. The third kappa shape index (κ3) is 0.553. The monoisotopic (exact) mass is 139 g/mol. The molecule has 2 aliphatic rings. The van der Waals surface area contributed by atoms with Gasteiger partial charge in [-0.1, -0.05) is 0 Å². The van der Waals surface area contributed by atoms with Gasteiger partial charge in [0.2, 0.25) is 0 Å². The van der Waals surface area contributed by atoms with Gasteiger partial charge in [0.05, 0.1) is 5.54 Å². The smallest absolute Gasteiger partial charge is 0.154 e. The van der Waals surface area contributed by atoms with Crippen molar-refractivity contribution >= 4 is 5.78 Å². The van der Waals surface area contributed by atoms with Crippen molar-refractivity contribution in [3.05, 3.63) is 0 Å². The van der Waals surface area contributed by atoms with E-state index < -0.39 is 0 Å². The van der Waals surface area contributed by atoms with Crippen molar-refractivity contribution in [1.29, 1.82) is 0 Å². The first-order chi connectivity index (χ1) is 4.76. The van der Waals surface area contributed by atoms with Crippen LogP contribution in [0, 0.1) is 0 Å². The van der Waals surface area contributed by atoms with E-state index in [9.17, 15) is 4.79 Å². The van der Waals surface area contributed by atoms with Gasteiger partial charge in [0, 0.05) is 13.0 Å². The van der Waals surface area contributed by atoms with Crippen molar-refractivity contribution in [2.45, 2.75) is 31.2 Å². The summed E-state index contributed by atoms with van der Waals surface area (Å²) in [4.78, 5) is 13.6. The highest BCUT2D eigenvalue weighted by Crippen LogP contribution is 2.41. The number of Topliss-reactive ketones (excluding diaryl/α,β-unsaturated/α-hetero) is 1. The Morgan fingerprint density at radius 1 is 1.50 bits per heavy atom. The highest BCUT2D eigenvalue weighted by Gasteiger charge is 2.50. The number of ketones is 1. The number of rotatable bonds is 0. The van der Waals surface area contributed by atoms with Gasteiger partial charge in [0.15, 0.2) is 5.78 Å². The summed E-state index contributed by atoms with van der Waals surface area (Å²) in [7, 11) is 2.07. The summed E-state index contributed by atoms with van der Waals surface area (Å²) >= 11 is 0. The van der Waals surface area contributed by atoms with Crippen molar-refractivity contribution in [3.8, 4) is 0 Å². The molecular weight excluding hydrogens is 126 g/mol. The van der Waals surface area contributed by atoms with Crippen molar-refractivity contribution in [2.75, 3.05) is 13.6 Å². The maximum absolute atomic E-state index is 11.3. The van der Waals surface area contributed by atoms with Crippen LogP contribution in [-0.4, -0.2) is 29.8 Å². The fraction of sp³-hybridized carbons (Fsp3) is 0.875. The maximum atomic E-state index is 11.3. The molecule has 0 aromatic rings. The highest BCUT2D eigenvalue weighted by molar-refractivity contribution is 5.91. The lowest BCUT2D eigenvalue weighted by atomic mass is 9.74. The Hall–Kier alpha value is -0.370. The Kier molecular flexibility index (Phi) is 1.15. The predicted molar refractivity (Wildman–Crippen MR) is 38.8 cm³/mol. The second-order valence-electron chi connectivity index (χ2n) is 3.48. The Morgan fingerprint density at radius 3 is 2.40 bits per heavy atom. The number of carbonyl (C=O) groups is 1. The molecule has 0 atom stereocenters. The minimum Gasteiger partial charge on any atom is -0.298 e. The summed E-state index contributed by atoms with van der Waals surface area (Å²) in [5.41, 5.74) is 0.0278. The van der Waals surface area contributed by atoms with Crippen LogP contribution in [0.3, 0.4) is 0 Å². The Morgan fingerprint density at radius 2 is 2.20 bits per heavy atom. The van der Waals surface area contributed by atoms with Gasteiger partial charge in [-0.2, -0.15) is 0 Å². The maximum Gasteiger partial charge on any atom is 0.154 e. The van der Waals surface area contributed by atoms with E-state index in [2.05, 4.69) is 11.9 Å². The second-order valence-corrected chi connectivity index (χ2v) is 3.48. The molecule has 0 radical (unpaired) electrons. The molecule has 2 heteroatoms. The van der Waals surface area contributed by atoms with Gasteiger partial charge in [0.25, 0.3) is 0 Å². The van der Waals surface area contributed by atoms with Crippen molar-refractivity contribution in [2.24, 2.45) is 0 Å². The zero-order valence-electron chi connectivity index (χ0n) is 6.39. The number of nitrogens with zero attached hydrogens (tertiary/aromatic N) is 1. The van der Waals surface area contributed by atoms with E-state index in [0.717, 1.165) is 25.8 Å². The van der Waals surface area contributed by atoms with E-state index in [4.69, 9.17) is 0 Å². The van der Waals surface area contributed by atoms with Crippen LogP contribution in [0.1, 0.15) is 25.7 Å². The van der Waals surface area contributed by atoms with Gasteiger partial charge in [-0.15, -0.1) is 0 Å². The summed E-state index contributed by atoms with van der Waals surface area (Å²) in [6.07, 6.45) is 4.26. The van der Waals surface area contributed by atoms with Crippen LogP contribution in [0.5, 0.6) is 0 Å². The van der Waals surface area contributed by atoms with E-state index in [1.54, 1.807) is 0 Å². The fourth-order valence-corrected chi connectivity index (χ4v) is 2.10. The molecule has 2 fully saturated rings. The summed E-state index contributed by atoms with van der Waals surface area (Å²) < 4.78 is 0. The van der Waals surface area contributed by atoms with Gasteiger partial charge >= 0.3 is 0 Å². The van der Waals surface area contributed by atoms with Crippen molar-refractivity contribution in [1.82, 2.24) is 4.90 Å². The largest absolute Gasteiger partial charge is 0.298 e. The molecule has 0 amide bonds. The molecule has 0 N–H and O–H groups in total. The molecule has 1 aliphatic carbocycles. The molecule has 1 saturated carbocycles. The van der Waals surface area contributed by atoms with Crippen LogP contribution in [0.25, 0.3) is 0 Å². The molecule has 10 heavy (non-hydrogen) atoms. The fourth-order valence-electron chi connectivity index (χ4n) is 2.10. The van der Waals surface area contributed by atoms with Crippen LogP contribution < -0.4 is 0 Å². The van der Waals surface area contributed by atoms with E-state index in [0.29, 0.717) is 5.78 Å². The first-order valence-corrected chi connectivity index (χ1v) is 4.00. The van der Waals surface area contributed by atoms with Crippen LogP contribution in [0.2, 0.25) is 0 Å². The number of likely N-dealkylation sites (N-methyl/N-ethyl adjacent to an activating group) is 1. The Balaban J connectivity index is 2.23. The molecule has 1 aliphatic heterocycles. The summed E-state index contributed by atoms with van der Waals surface area (Å²) in [5, 5.41) is 0. The van der Waals surface area contributed by atoms with Gasteiger partial charge in [-0.05, 0) is 26.3 Å². The van der Waals surface area contributed by atoms with Crippen molar-refractivity contribution < 1.29 is 4.79 Å². The zero-order valence-corrected chi connectivity index (χ0v) is 6.39. The molecule has 2 rings (SSSR count). The molecule has 1 spiro atoms. The topological polar surface area (TPSA) is 20.3 Å². The van der Waals surface area contributed by atoms with E-state index >= 15 is 0 Å². The third-order valence-corrected chi connectivity index (χ3v) is 3.10. The quantitative estimate of drug-likeness (QED) is 0.495. The molecule has 0 aromatic carbocycles. The highest BCUT2D eigenvalue weighted by atomic mass is 16.1. The number of hydrogen-bond donors (Lipinski definition) is 0. The number of likely N-dealkylation sites (tertiary alicyclic amines) is 1. The summed E-state index contributed by atoms with van der Waals surface area (Å²) in [6.45, 7) is 0.985. The zero-order chi connectivity index (χ0) is 7.19. The lowest BCUT2D eigenvalue weighted by molar-refractivity contribution is -0.128. The number of carbonyl (C=O) groups excluding carboxylic acids is 1. The first kappa shape index (κ1) is 6.35. The molecular formula is C8H13NO. The molecule has 2 nitrogen and oxygen atoms in total. The molecule has 1 heterocycles. The van der Waals surface area contributed by atoms with Crippen LogP contribution in [-0.2, 0) is 4.79 Å². The Labute approximate surface area is 61.2 Å². The normalized spacial score (nSPS) is 31.1. The van der Waals surface area contributed by atoms with E-state index in [-0.39, 0.29) is 5.54 Å². The lowest BCUT2D eigenvalue weighted by Gasteiger charge is -2.42. The molecule has 0 unspecified atom stereocenters. The number of hydrogen-bond acceptors (Lipinski definition) is 2. The first-order valence-electron chi connectivity index (χ1n) is 4.00.